The van der Waals surface area contributed by atoms with Crippen molar-refractivity contribution < 1.29 is 9.13 Å². The minimum Gasteiger partial charge on any atom is -0.491 e. The third-order valence-corrected chi connectivity index (χ3v) is 2.43. The fourth-order valence-electron chi connectivity index (χ4n) is 1.08. The van der Waals surface area contributed by atoms with Gasteiger partial charge in [0.1, 0.15) is 0 Å². The van der Waals surface area contributed by atoms with Crippen molar-refractivity contribution in [1.82, 2.24) is 0 Å². The molecule has 1 rings (SSSR count). The highest BCUT2D eigenvalue weighted by atomic mass is 32.1. The van der Waals surface area contributed by atoms with Crippen molar-refractivity contribution >= 4 is 29.0 Å². The van der Waals surface area contributed by atoms with Crippen LogP contribution in [0.25, 0.3) is 0 Å². The molecule has 0 aliphatic rings. The molecule has 82 valence electrons. The number of thiocarbonyl (C=S) groups is 1. The maximum atomic E-state index is 13.4. The maximum absolute atomic E-state index is 13.4. The Morgan fingerprint density at radius 3 is 2.80 bits per heavy atom. The molecule has 0 unspecified atom stereocenters. The quantitative estimate of drug-likeness (QED) is 0.481. The summed E-state index contributed by atoms with van der Waals surface area (Å²) in [6, 6.07) is 4.64. The molecule has 0 aliphatic heterocycles. The Morgan fingerprint density at radius 2 is 2.27 bits per heavy atom. The Labute approximate surface area is 100 Å². The van der Waals surface area contributed by atoms with E-state index >= 15 is 0 Å². The van der Waals surface area contributed by atoms with Crippen LogP contribution in [0.1, 0.15) is 25.3 Å². The summed E-state index contributed by atoms with van der Waals surface area (Å²) < 4.78 is 19.1. The minimum atomic E-state index is -0.389. The number of ether oxygens (including phenoxy) is 1. The zero-order valence-corrected chi connectivity index (χ0v) is 10.2. The summed E-state index contributed by atoms with van der Waals surface area (Å²) in [5.74, 6) is -0.114. The Balaban J connectivity index is 2.70. The van der Waals surface area contributed by atoms with Crippen LogP contribution in [0.2, 0.25) is 0 Å². The number of hydrogen-bond donors (Lipinski definition) is 1. The number of hydrogen-bond acceptors (Lipinski definition) is 2. The Morgan fingerprint density at radius 1 is 1.53 bits per heavy atom. The summed E-state index contributed by atoms with van der Waals surface area (Å²) in [6.07, 6.45) is 1.95. The third-order valence-electron chi connectivity index (χ3n) is 1.93. The van der Waals surface area contributed by atoms with Gasteiger partial charge in [-0.05, 0) is 24.6 Å². The van der Waals surface area contributed by atoms with E-state index in [2.05, 4.69) is 19.6 Å². The van der Waals surface area contributed by atoms with Crippen molar-refractivity contribution in [3.63, 3.8) is 0 Å². The second kappa shape index (κ2) is 6.08. The van der Waals surface area contributed by atoms with E-state index in [1.807, 2.05) is 0 Å². The van der Waals surface area contributed by atoms with Gasteiger partial charge in [-0.25, -0.2) is 4.39 Å². The van der Waals surface area contributed by atoms with Gasteiger partial charge in [0.05, 0.1) is 10.8 Å². The molecular weight excluding hydrogens is 231 g/mol. The fourth-order valence-corrected chi connectivity index (χ4v) is 1.34. The zero-order valence-electron chi connectivity index (χ0n) is 8.50. The molecular formula is C11H13FOS2. The highest BCUT2D eigenvalue weighted by Crippen LogP contribution is 2.19. The highest BCUT2D eigenvalue weighted by molar-refractivity contribution is 8.11. The minimum absolute atomic E-state index is 0.275. The van der Waals surface area contributed by atoms with E-state index in [1.165, 1.54) is 6.07 Å². The Bertz CT molecular complexity index is 352. The van der Waals surface area contributed by atoms with Gasteiger partial charge in [0, 0.05) is 5.56 Å². The average Bonchev–Trinajstić information content (AvgIpc) is 2.20. The van der Waals surface area contributed by atoms with Gasteiger partial charge in [-0.3, -0.25) is 0 Å². The van der Waals surface area contributed by atoms with E-state index in [-0.39, 0.29) is 11.6 Å². The van der Waals surface area contributed by atoms with Crippen molar-refractivity contribution in [2.45, 2.75) is 19.8 Å². The van der Waals surface area contributed by atoms with Crippen LogP contribution in [0.15, 0.2) is 18.2 Å². The van der Waals surface area contributed by atoms with E-state index in [0.29, 0.717) is 16.4 Å². The molecule has 0 amide bonds. The van der Waals surface area contributed by atoms with Crippen molar-refractivity contribution in [3.8, 4) is 5.75 Å². The van der Waals surface area contributed by atoms with Gasteiger partial charge in [0.2, 0.25) is 0 Å². The number of unbranched alkanes of at least 4 members (excludes halogenated alkanes) is 1. The molecule has 15 heavy (non-hydrogen) atoms. The molecule has 0 saturated heterocycles. The van der Waals surface area contributed by atoms with Crippen LogP contribution in [-0.4, -0.2) is 10.8 Å². The molecule has 0 heterocycles. The second-order valence-electron chi connectivity index (χ2n) is 3.15. The average molecular weight is 244 g/mol. The van der Waals surface area contributed by atoms with Crippen LogP contribution < -0.4 is 4.74 Å². The van der Waals surface area contributed by atoms with Crippen molar-refractivity contribution in [3.05, 3.63) is 29.6 Å². The molecule has 1 nitrogen and oxygen atoms in total. The lowest BCUT2D eigenvalue weighted by molar-refractivity contribution is 0.294. The first kappa shape index (κ1) is 12.5. The van der Waals surface area contributed by atoms with E-state index < -0.39 is 0 Å². The lowest BCUT2D eigenvalue weighted by atomic mass is 10.2. The van der Waals surface area contributed by atoms with Gasteiger partial charge in [0.25, 0.3) is 0 Å². The summed E-state index contributed by atoms with van der Waals surface area (Å²) in [7, 11) is 0. The molecule has 0 fully saturated rings. The normalized spacial score (nSPS) is 10.1. The number of benzene rings is 1. The van der Waals surface area contributed by atoms with Crippen molar-refractivity contribution in [1.29, 1.82) is 0 Å². The van der Waals surface area contributed by atoms with Crippen LogP contribution in [0.3, 0.4) is 0 Å². The van der Waals surface area contributed by atoms with E-state index in [4.69, 9.17) is 17.0 Å². The third kappa shape index (κ3) is 3.80. The van der Waals surface area contributed by atoms with Crippen LogP contribution in [0.5, 0.6) is 5.75 Å². The molecule has 0 spiro atoms. The molecule has 0 saturated carbocycles. The fraction of sp³-hybridized carbons (Fsp3) is 0.364. The topological polar surface area (TPSA) is 9.23 Å². The molecule has 1 aromatic carbocycles. The first-order valence-electron chi connectivity index (χ1n) is 4.80. The summed E-state index contributed by atoms with van der Waals surface area (Å²) in [5.41, 5.74) is 0.605. The second-order valence-corrected chi connectivity index (χ2v) is 4.31. The smallest absolute Gasteiger partial charge is 0.165 e. The molecule has 0 N–H and O–H groups in total. The standard InChI is InChI=1S/C11H13FOS2/c1-2-3-6-13-10-5-4-8(11(14)15)7-9(10)12/h4-5,7H,2-3,6H2,1H3,(H,14,15). The lowest BCUT2D eigenvalue weighted by Crippen LogP contribution is -1.99. The van der Waals surface area contributed by atoms with Crippen LogP contribution in [0.4, 0.5) is 4.39 Å². The summed E-state index contributed by atoms with van der Waals surface area (Å²) in [6.45, 7) is 2.60. The van der Waals surface area contributed by atoms with Crippen molar-refractivity contribution in [2.75, 3.05) is 6.61 Å². The number of rotatable bonds is 5. The first-order valence-corrected chi connectivity index (χ1v) is 5.66. The molecule has 0 aliphatic carbocycles. The van der Waals surface area contributed by atoms with Gasteiger partial charge in [-0.2, -0.15) is 0 Å². The number of thiol groups is 1. The van der Waals surface area contributed by atoms with Gasteiger partial charge in [0.15, 0.2) is 11.6 Å². The Hall–Kier alpha value is -0.610. The summed E-state index contributed by atoms with van der Waals surface area (Å²) >= 11 is 8.81. The predicted octanol–water partition coefficient (Wildman–Crippen LogP) is 3.61. The predicted molar refractivity (Wildman–Crippen MR) is 67.5 cm³/mol. The maximum Gasteiger partial charge on any atom is 0.165 e. The van der Waals surface area contributed by atoms with Crippen LogP contribution in [-0.2, 0) is 0 Å². The monoisotopic (exact) mass is 244 g/mol. The largest absolute Gasteiger partial charge is 0.491 e. The van der Waals surface area contributed by atoms with Gasteiger partial charge in [-0.15, -0.1) is 12.6 Å². The summed E-state index contributed by atoms with van der Waals surface area (Å²) in [4.78, 5) is 0. The molecule has 0 bridgehead atoms. The number of halogens is 1. The van der Waals surface area contributed by atoms with Gasteiger partial charge >= 0.3 is 0 Å². The van der Waals surface area contributed by atoms with E-state index in [1.54, 1.807) is 12.1 Å². The van der Waals surface area contributed by atoms with Crippen molar-refractivity contribution in [2.24, 2.45) is 0 Å². The first-order chi connectivity index (χ1) is 7.15. The van der Waals surface area contributed by atoms with Crippen LogP contribution in [0, 0.1) is 5.82 Å². The molecule has 0 atom stereocenters. The molecule has 0 aromatic heterocycles. The van der Waals surface area contributed by atoms with E-state index in [0.717, 1.165) is 12.8 Å². The lowest BCUT2D eigenvalue weighted by Gasteiger charge is -2.07. The van der Waals surface area contributed by atoms with Gasteiger partial charge < -0.3 is 4.74 Å². The highest BCUT2D eigenvalue weighted by Gasteiger charge is 2.05. The van der Waals surface area contributed by atoms with E-state index in [9.17, 15) is 4.39 Å². The zero-order chi connectivity index (χ0) is 11.3. The molecule has 4 heteroatoms. The molecule has 0 radical (unpaired) electrons. The Kier molecular flexibility index (Phi) is 5.05. The molecule has 1 aromatic rings. The summed E-state index contributed by atoms with van der Waals surface area (Å²) in [5, 5.41) is 0. The van der Waals surface area contributed by atoms with Gasteiger partial charge in [-0.1, -0.05) is 25.6 Å². The SMILES string of the molecule is CCCCOc1ccc(C(=S)S)cc1F. The van der Waals surface area contributed by atoms with Crippen LogP contribution >= 0.6 is 24.8 Å².